The van der Waals surface area contributed by atoms with Crippen molar-refractivity contribution >= 4 is 5.91 Å². The van der Waals surface area contributed by atoms with Crippen LogP contribution < -0.4 is 0 Å². The fourth-order valence-electron chi connectivity index (χ4n) is 3.82. The van der Waals surface area contributed by atoms with Gasteiger partial charge < -0.3 is 4.90 Å². The SMILES string of the molecule is Cc1cccc(C2CCCN2C(=O)C(C)c2c(C)n[nH]c2C)c1. The first-order valence-electron chi connectivity index (χ1n) is 8.37. The second kappa shape index (κ2) is 6.19. The number of H-pyrrole nitrogens is 1. The molecule has 0 saturated carbocycles. The molecule has 1 aromatic heterocycles. The summed E-state index contributed by atoms with van der Waals surface area (Å²) in [6.45, 7) is 8.90. The third-order valence-corrected chi connectivity index (χ3v) is 4.95. The maximum Gasteiger partial charge on any atom is 0.230 e. The lowest BCUT2D eigenvalue weighted by molar-refractivity contribution is -0.133. The van der Waals surface area contributed by atoms with Crippen LogP contribution in [0, 0.1) is 20.8 Å². The molecule has 2 unspecified atom stereocenters. The smallest absolute Gasteiger partial charge is 0.230 e. The van der Waals surface area contributed by atoms with Gasteiger partial charge in [0.2, 0.25) is 5.91 Å². The van der Waals surface area contributed by atoms with Gasteiger partial charge in [0, 0.05) is 17.8 Å². The third-order valence-electron chi connectivity index (χ3n) is 4.95. The zero-order chi connectivity index (χ0) is 16.6. The van der Waals surface area contributed by atoms with Gasteiger partial charge in [0.05, 0.1) is 17.7 Å². The van der Waals surface area contributed by atoms with Crippen molar-refractivity contribution in [3.63, 3.8) is 0 Å². The minimum Gasteiger partial charge on any atom is -0.335 e. The number of aromatic amines is 1. The van der Waals surface area contributed by atoms with E-state index in [0.717, 1.165) is 36.3 Å². The van der Waals surface area contributed by atoms with Crippen LogP contribution in [0.5, 0.6) is 0 Å². The lowest BCUT2D eigenvalue weighted by atomic mass is 9.96. The van der Waals surface area contributed by atoms with Gasteiger partial charge in [0.1, 0.15) is 0 Å². The second-order valence-corrected chi connectivity index (χ2v) is 6.67. The van der Waals surface area contributed by atoms with E-state index in [2.05, 4.69) is 46.3 Å². The minimum atomic E-state index is -0.154. The summed E-state index contributed by atoms with van der Waals surface area (Å²) in [6, 6.07) is 8.74. The van der Waals surface area contributed by atoms with Crippen LogP contribution in [-0.2, 0) is 4.79 Å². The molecule has 2 atom stereocenters. The first-order chi connectivity index (χ1) is 11.0. The number of rotatable bonds is 3. The van der Waals surface area contributed by atoms with Crippen LogP contribution in [0.4, 0.5) is 0 Å². The standard InChI is InChI=1S/C19H25N3O/c1-12-7-5-8-16(11-12)17-9-6-10-22(17)19(23)13(2)18-14(3)20-21-15(18)4/h5,7-8,11,13,17H,6,9-10H2,1-4H3,(H,20,21). The van der Waals surface area contributed by atoms with Crippen molar-refractivity contribution in [2.45, 2.75) is 52.5 Å². The van der Waals surface area contributed by atoms with Crippen LogP contribution in [0.25, 0.3) is 0 Å². The normalized spacial score (nSPS) is 19.1. The van der Waals surface area contributed by atoms with Crippen molar-refractivity contribution in [1.29, 1.82) is 0 Å². The van der Waals surface area contributed by atoms with Crippen molar-refractivity contribution in [2.24, 2.45) is 0 Å². The summed E-state index contributed by atoms with van der Waals surface area (Å²) in [4.78, 5) is 15.2. The largest absolute Gasteiger partial charge is 0.335 e. The Kier molecular flexibility index (Phi) is 4.24. The molecule has 3 rings (SSSR count). The van der Waals surface area contributed by atoms with Crippen molar-refractivity contribution in [3.8, 4) is 0 Å². The Labute approximate surface area is 137 Å². The summed E-state index contributed by atoms with van der Waals surface area (Å²) in [5.74, 6) is 0.0563. The number of carbonyl (C=O) groups is 1. The Bertz CT molecular complexity index is 700. The van der Waals surface area contributed by atoms with Crippen LogP contribution in [-0.4, -0.2) is 27.5 Å². The van der Waals surface area contributed by atoms with Crippen molar-refractivity contribution in [2.75, 3.05) is 6.54 Å². The fraction of sp³-hybridized carbons (Fsp3) is 0.474. The number of benzene rings is 1. The van der Waals surface area contributed by atoms with Gasteiger partial charge in [-0.15, -0.1) is 0 Å². The van der Waals surface area contributed by atoms with Crippen LogP contribution in [0.3, 0.4) is 0 Å². The minimum absolute atomic E-state index is 0.154. The molecule has 1 aliphatic heterocycles. The van der Waals surface area contributed by atoms with Gasteiger partial charge in [0.25, 0.3) is 0 Å². The molecule has 2 aromatic rings. The van der Waals surface area contributed by atoms with E-state index in [1.165, 1.54) is 11.1 Å². The molecule has 1 fully saturated rings. The predicted octanol–water partition coefficient (Wildman–Crippen LogP) is 3.80. The number of carbonyl (C=O) groups excluding carboxylic acids is 1. The van der Waals surface area contributed by atoms with E-state index >= 15 is 0 Å². The Morgan fingerprint density at radius 2 is 2.13 bits per heavy atom. The number of hydrogen-bond donors (Lipinski definition) is 1. The molecule has 0 bridgehead atoms. The molecule has 4 heteroatoms. The number of nitrogens with one attached hydrogen (secondary N) is 1. The Morgan fingerprint density at radius 1 is 1.35 bits per heavy atom. The first kappa shape index (κ1) is 15.8. The summed E-state index contributed by atoms with van der Waals surface area (Å²) < 4.78 is 0. The highest BCUT2D eigenvalue weighted by Gasteiger charge is 2.34. The summed E-state index contributed by atoms with van der Waals surface area (Å²) >= 11 is 0. The van der Waals surface area contributed by atoms with Crippen molar-refractivity contribution in [1.82, 2.24) is 15.1 Å². The highest BCUT2D eigenvalue weighted by atomic mass is 16.2. The number of likely N-dealkylation sites (tertiary alicyclic amines) is 1. The molecule has 2 heterocycles. The van der Waals surface area contributed by atoms with E-state index in [1.54, 1.807) is 0 Å². The number of amides is 1. The third kappa shape index (κ3) is 2.90. The number of aryl methyl sites for hydroxylation is 3. The molecule has 1 N–H and O–H groups in total. The average Bonchev–Trinajstić information content (AvgIpc) is 3.13. The Balaban J connectivity index is 1.86. The summed E-state index contributed by atoms with van der Waals surface area (Å²) in [7, 11) is 0. The highest BCUT2D eigenvalue weighted by Crippen LogP contribution is 2.35. The Morgan fingerprint density at radius 3 is 2.78 bits per heavy atom. The van der Waals surface area contributed by atoms with E-state index < -0.39 is 0 Å². The second-order valence-electron chi connectivity index (χ2n) is 6.67. The maximum absolute atomic E-state index is 13.1. The lowest BCUT2D eigenvalue weighted by Crippen LogP contribution is -2.34. The van der Waals surface area contributed by atoms with Crippen LogP contribution in [0.15, 0.2) is 24.3 Å². The zero-order valence-corrected chi connectivity index (χ0v) is 14.4. The van der Waals surface area contributed by atoms with E-state index in [9.17, 15) is 4.79 Å². The fourth-order valence-corrected chi connectivity index (χ4v) is 3.82. The highest BCUT2D eigenvalue weighted by molar-refractivity contribution is 5.84. The quantitative estimate of drug-likeness (QED) is 0.937. The number of nitrogens with zero attached hydrogens (tertiary/aromatic N) is 2. The molecule has 1 aliphatic rings. The van der Waals surface area contributed by atoms with Gasteiger partial charge >= 0.3 is 0 Å². The summed E-state index contributed by atoms with van der Waals surface area (Å²) in [5, 5.41) is 7.23. The van der Waals surface area contributed by atoms with E-state index in [4.69, 9.17) is 0 Å². The predicted molar refractivity (Wildman–Crippen MR) is 91.3 cm³/mol. The molecule has 0 aliphatic carbocycles. The Hall–Kier alpha value is -2.10. The molecule has 23 heavy (non-hydrogen) atoms. The maximum atomic E-state index is 13.1. The van der Waals surface area contributed by atoms with Gasteiger partial charge in [-0.3, -0.25) is 9.89 Å². The van der Waals surface area contributed by atoms with Gasteiger partial charge in [0.15, 0.2) is 0 Å². The molecule has 0 spiro atoms. The molecule has 0 radical (unpaired) electrons. The van der Waals surface area contributed by atoms with E-state index in [1.807, 2.05) is 20.8 Å². The zero-order valence-electron chi connectivity index (χ0n) is 14.4. The van der Waals surface area contributed by atoms with E-state index in [0.29, 0.717) is 0 Å². The number of hydrogen-bond acceptors (Lipinski definition) is 2. The average molecular weight is 311 g/mol. The van der Waals surface area contributed by atoms with Crippen molar-refractivity contribution in [3.05, 3.63) is 52.3 Å². The molecule has 1 aromatic carbocycles. The van der Waals surface area contributed by atoms with Crippen LogP contribution in [0.1, 0.15) is 59.8 Å². The molecule has 4 nitrogen and oxygen atoms in total. The molecule has 122 valence electrons. The van der Waals surface area contributed by atoms with Gasteiger partial charge in [-0.05, 0) is 46.1 Å². The molecular weight excluding hydrogens is 286 g/mol. The molecule has 1 amide bonds. The van der Waals surface area contributed by atoms with Gasteiger partial charge in [-0.2, -0.15) is 5.10 Å². The van der Waals surface area contributed by atoms with Crippen LogP contribution >= 0.6 is 0 Å². The van der Waals surface area contributed by atoms with Crippen LogP contribution in [0.2, 0.25) is 0 Å². The monoisotopic (exact) mass is 311 g/mol. The number of aromatic nitrogens is 2. The van der Waals surface area contributed by atoms with Gasteiger partial charge in [-0.1, -0.05) is 29.8 Å². The molecule has 1 saturated heterocycles. The first-order valence-corrected chi connectivity index (χ1v) is 8.37. The van der Waals surface area contributed by atoms with Crippen molar-refractivity contribution < 1.29 is 4.79 Å². The summed E-state index contributed by atoms with van der Waals surface area (Å²) in [5.41, 5.74) is 5.47. The topological polar surface area (TPSA) is 49.0 Å². The van der Waals surface area contributed by atoms with Gasteiger partial charge in [-0.25, -0.2) is 0 Å². The lowest BCUT2D eigenvalue weighted by Gasteiger charge is -2.28. The van der Waals surface area contributed by atoms with E-state index in [-0.39, 0.29) is 17.9 Å². The molecular formula is C19H25N3O. The summed E-state index contributed by atoms with van der Waals surface area (Å²) in [6.07, 6.45) is 2.12.